The van der Waals surface area contributed by atoms with Crippen LogP contribution >= 0.6 is 22.6 Å². The highest BCUT2D eigenvalue weighted by Gasteiger charge is 2.14. The number of aromatic nitrogens is 3. The molecule has 0 aliphatic heterocycles. The summed E-state index contributed by atoms with van der Waals surface area (Å²) in [5, 5.41) is 0. The van der Waals surface area contributed by atoms with Crippen LogP contribution in [0, 0.1) is 10.5 Å². The summed E-state index contributed by atoms with van der Waals surface area (Å²) >= 11 is 2.37. The smallest absolute Gasteiger partial charge is 0.129 e. The third kappa shape index (κ3) is 3.78. The molecule has 0 fully saturated rings. The van der Waals surface area contributed by atoms with Crippen LogP contribution in [-0.4, -0.2) is 14.5 Å². The summed E-state index contributed by atoms with van der Waals surface area (Å²) in [5.74, 6) is 0.935. The normalized spacial score (nSPS) is 11.3. The molecule has 5 heteroatoms. The maximum atomic E-state index is 5.91. The molecule has 0 N–H and O–H groups in total. The Bertz CT molecular complexity index is 814. The van der Waals surface area contributed by atoms with Crippen molar-refractivity contribution in [3.63, 3.8) is 0 Å². The van der Waals surface area contributed by atoms with Crippen LogP contribution in [-0.2, 0) is 24.5 Å². The van der Waals surface area contributed by atoms with E-state index in [1.807, 2.05) is 24.4 Å². The first-order valence-electron chi connectivity index (χ1n) is 8.32. The van der Waals surface area contributed by atoms with E-state index in [-0.39, 0.29) is 0 Å². The molecule has 1 aromatic carbocycles. The van der Waals surface area contributed by atoms with Gasteiger partial charge in [0.15, 0.2) is 0 Å². The first-order valence-corrected chi connectivity index (χ1v) is 9.40. The van der Waals surface area contributed by atoms with Crippen LogP contribution in [0.25, 0.3) is 11.0 Å². The molecule has 0 aliphatic rings. The summed E-state index contributed by atoms with van der Waals surface area (Å²) in [4.78, 5) is 9.30. The van der Waals surface area contributed by atoms with Crippen molar-refractivity contribution >= 4 is 33.6 Å². The highest BCUT2D eigenvalue weighted by Crippen LogP contribution is 2.25. The first kappa shape index (κ1) is 17.4. The lowest BCUT2D eigenvalue weighted by Gasteiger charge is -2.09. The predicted octanol–water partition coefficient (Wildman–Crippen LogP) is 4.86. The van der Waals surface area contributed by atoms with Crippen LogP contribution in [0.5, 0.6) is 0 Å². The van der Waals surface area contributed by atoms with E-state index in [1.54, 1.807) is 0 Å². The van der Waals surface area contributed by atoms with Gasteiger partial charge in [-0.25, -0.2) is 9.97 Å². The van der Waals surface area contributed by atoms with Crippen LogP contribution in [0.4, 0.5) is 0 Å². The molecular weight excluding hydrogens is 413 g/mol. The third-order valence-electron chi connectivity index (χ3n) is 4.13. The Hall–Kier alpha value is -1.47. The molecule has 4 nitrogen and oxygen atoms in total. The number of aryl methyl sites for hydroxylation is 1. The molecule has 2 heterocycles. The van der Waals surface area contributed by atoms with Crippen molar-refractivity contribution in [1.82, 2.24) is 14.5 Å². The van der Waals surface area contributed by atoms with Crippen molar-refractivity contribution in [3.8, 4) is 0 Å². The molecule has 2 aromatic heterocycles. The van der Waals surface area contributed by atoms with Gasteiger partial charge in [-0.1, -0.05) is 43.7 Å². The van der Waals surface area contributed by atoms with E-state index >= 15 is 0 Å². The SMILES string of the molecule is CCCCc1ncc2c(n1)c(I)c(C)n2COCc1ccccc1. The van der Waals surface area contributed by atoms with Gasteiger partial charge in [-0.05, 0) is 41.5 Å². The van der Waals surface area contributed by atoms with E-state index in [9.17, 15) is 0 Å². The molecule has 0 radical (unpaired) electrons. The number of ether oxygens (including phenoxy) is 1. The zero-order valence-electron chi connectivity index (χ0n) is 14.1. The second kappa shape index (κ2) is 8.07. The summed E-state index contributed by atoms with van der Waals surface area (Å²) in [5.41, 5.74) is 4.45. The Kier molecular flexibility index (Phi) is 5.84. The van der Waals surface area contributed by atoms with Gasteiger partial charge in [-0.2, -0.15) is 0 Å². The molecule has 0 saturated carbocycles. The molecule has 126 valence electrons. The van der Waals surface area contributed by atoms with Gasteiger partial charge in [0.2, 0.25) is 0 Å². The van der Waals surface area contributed by atoms with E-state index in [0.29, 0.717) is 13.3 Å². The average Bonchev–Trinajstić information content (AvgIpc) is 2.85. The minimum absolute atomic E-state index is 0.512. The largest absolute Gasteiger partial charge is 0.356 e. The molecule has 0 atom stereocenters. The van der Waals surface area contributed by atoms with Crippen molar-refractivity contribution in [3.05, 3.63) is 57.2 Å². The molecule has 3 aromatic rings. The maximum Gasteiger partial charge on any atom is 0.129 e. The fourth-order valence-electron chi connectivity index (χ4n) is 2.69. The van der Waals surface area contributed by atoms with Crippen LogP contribution in [0.1, 0.15) is 36.8 Å². The first-order chi connectivity index (χ1) is 11.7. The Morgan fingerprint density at radius 3 is 2.75 bits per heavy atom. The Morgan fingerprint density at radius 1 is 1.21 bits per heavy atom. The number of halogens is 1. The number of hydrogen-bond acceptors (Lipinski definition) is 3. The van der Waals surface area contributed by atoms with Crippen LogP contribution in [0.15, 0.2) is 36.5 Å². The van der Waals surface area contributed by atoms with Gasteiger partial charge in [0, 0.05) is 12.1 Å². The third-order valence-corrected chi connectivity index (χ3v) is 5.42. The Balaban J connectivity index is 1.78. The molecule has 0 aliphatic carbocycles. The lowest BCUT2D eigenvalue weighted by atomic mass is 10.2. The molecule has 0 spiro atoms. The minimum Gasteiger partial charge on any atom is -0.356 e. The summed E-state index contributed by atoms with van der Waals surface area (Å²) in [6.07, 6.45) is 5.17. The number of benzene rings is 1. The lowest BCUT2D eigenvalue weighted by Crippen LogP contribution is -2.05. The zero-order valence-corrected chi connectivity index (χ0v) is 16.3. The Labute approximate surface area is 156 Å². The van der Waals surface area contributed by atoms with E-state index in [2.05, 4.69) is 58.1 Å². The number of nitrogens with zero attached hydrogens (tertiary/aromatic N) is 3. The molecule has 0 saturated heterocycles. The van der Waals surface area contributed by atoms with Crippen molar-refractivity contribution in [2.24, 2.45) is 0 Å². The Morgan fingerprint density at radius 2 is 2.00 bits per heavy atom. The molecule has 0 amide bonds. The number of fused-ring (bicyclic) bond motifs is 1. The maximum absolute atomic E-state index is 5.91. The summed E-state index contributed by atoms with van der Waals surface area (Å²) in [6.45, 7) is 5.41. The summed E-state index contributed by atoms with van der Waals surface area (Å²) < 4.78 is 9.25. The molecule has 0 bridgehead atoms. The average molecular weight is 435 g/mol. The van der Waals surface area contributed by atoms with E-state index in [1.165, 1.54) is 14.8 Å². The van der Waals surface area contributed by atoms with Gasteiger partial charge in [0.1, 0.15) is 18.1 Å². The van der Waals surface area contributed by atoms with Crippen LogP contribution in [0.3, 0.4) is 0 Å². The van der Waals surface area contributed by atoms with Gasteiger partial charge in [0.05, 0.1) is 21.9 Å². The van der Waals surface area contributed by atoms with Gasteiger partial charge in [0.25, 0.3) is 0 Å². The minimum atomic E-state index is 0.512. The van der Waals surface area contributed by atoms with Crippen molar-refractivity contribution in [2.45, 2.75) is 46.4 Å². The number of rotatable bonds is 7. The standard InChI is InChI=1S/C19H22IN3O/c1-3-4-10-17-21-11-16-19(22-17)18(20)14(2)23(16)13-24-12-15-8-6-5-7-9-15/h5-9,11H,3-4,10,12-13H2,1-2H3. The highest BCUT2D eigenvalue weighted by atomic mass is 127. The monoisotopic (exact) mass is 435 g/mol. The zero-order chi connectivity index (χ0) is 16.9. The van der Waals surface area contributed by atoms with Gasteiger partial charge >= 0.3 is 0 Å². The van der Waals surface area contributed by atoms with Crippen molar-refractivity contribution < 1.29 is 4.74 Å². The molecular formula is C19H22IN3O. The molecule has 24 heavy (non-hydrogen) atoms. The number of unbranched alkanes of at least 4 members (excludes halogenated alkanes) is 1. The van der Waals surface area contributed by atoms with E-state index < -0.39 is 0 Å². The van der Waals surface area contributed by atoms with Crippen LogP contribution < -0.4 is 0 Å². The number of hydrogen-bond donors (Lipinski definition) is 0. The van der Waals surface area contributed by atoms with Crippen LogP contribution in [0.2, 0.25) is 0 Å². The van der Waals surface area contributed by atoms with E-state index in [4.69, 9.17) is 9.72 Å². The molecule has 0 unspecified atom stereocenters. The quantitative estimate of drug-likeness (QED) is 0.498. The summed E-state index contributed by atoms with van der Waals surface area (Å²) in [6, 6.07) is 10.2. The van der Waals surface area contributed by atoms with Gasteiger partial charge in [-0.15, -0.1) is 0 Å². The van der Waals surface area contributed by atoms with E-state index in [0.717, 1.165) is 36.1 Å². The van der Waals surface area contributed by atoms with Gasteiger partial charge in [-0.3, -0.25) is 0 Å². The van der Waals surface area contributed by atoms with Gasteiger partial charge < -0.3 is 9.30 Å². The van der Waals surface area contributed by atoms with Crippen molar-refractivity contribution in [1.29, 1.82) is 0 Å². The predicted molar refractivity (Wildman–Crippen MR) is 105 cm³/mol. The topological polar surface area (TPSA) is 39.9 Å². The molecule has 3 rings (SSSR count). The highest BCUT2D eigenvalue weighted by molar-refractivity contribution is 14.1. The lowest BCUT2D eigenvalue weighted by molar-refractivity contribution is 0.0655. The second-order valence-corrected chi connectivity index (χ2v) is 6.99. The fraction of sp³-hybridized carbons (Fsp3) is 0.368. The summed E-state index contributed by atoms with van der Waals surface area (Å²) in [7, 11) is 0. The van der Waals surface area contributed by atoms with Crippen molar-refractivity contribution in [2.75, 3.05) is 0 Å². The fourth-order valence-corrected chi connectivity index (χ4v) is 3.38. The second-order valence-electron chi connectivity index (χ2n) is 5.91.